The number of halogens is 3. The number of carbonyl (C=O) groups is 1. The Morgan fingerprint density at radius 2 is 1.73 bits per heavy atom. The summed E-state index contributed by atoms with van der Waals surface area (Å²) in [4.78, 5) is 20.4. The predicted octanol–water partition coefficient (Wildman–Crippen LogP) is 5.60. The summed E-state index contributed by atoms with van der Waals surface area (Å²) in [6.45, 7) is 10.4. The molecule has 1 aliphatic heterocycles. The number of aryl methyl sites for hydroxylation is 1. The fourth-order valence-electron chi connectivity index (χ4n) is 5.08. The van der Waals surface area contributed by atoms with Crippen LogP contribution in [0.25, 0.3) is 22.4 Å². The summed E-state index contributed by atoms with van der Waals surface area (Å²) in [5.41, 5.74) is 1.98. The number of nitrogens with one attached hydrogen (secondary N) is 3. The number of alkyl halides is 3. The number of aromatic amines is 1. The van der Waals surface area contributed by atoms with E-state index in [4.69, 9.17) is 0 Å². The van der Waals surface area contributed by atoms with Crippen molar-refractivity contribution < 1.29 is 18.0 Å². The SMILES string of the molecule is Cc1cc(C(=O)NC2CC(C)(C)NC(C)(C)C2)ccc1-c1nc2ccc(C(F)(F)F)cc2[nH]1. The van der Waals surface area contributed by atoms with Crippen LogP contribution in [-0.4, -0.2) is 33.0 Å². The molecule has 1 aromatic heterocycles. The second-order valence-electron chi connectivity index (χ2n) is 10.3. The summed E-state index contributed by atoms with van der Waals surface area (Å²) >= 11 is 0. The third-order valence-corrected chi connectivity index (χ3v) is 6.08. The zero-order chi connectivity index (χ0) is 24.2. The number of imidazole rings is 1. The molecule has 8 heteroatoms. The number of benzene rings is 2. The van der Waals surface area contributed by atoms with E-state index in [9.17, 15) is 18.0 Å². The molecule has 0 spiro atoms. The Morgan fingerprint density at radius 3 is 2.33 bits per heavy atom. The maximum absolute atomic E-state index is 13.0. The Morgan fingerprint density at radius 1 is 1.06 bits per heavy atom. The third kappa shape index (κ3) is 5.05. The normalized spacial score (nSPS) is 18.4. The molecule has 33 heavy (non-hydrogen) atoms. The van der Waals surface area contributed by atoms with Gasteiger partial charge in [-0.05, 0) is 83.4 Å². The lowest BCUT2D eigenvalue weighted by molar-refractivity contribution is -0.137. The minimum atomic E-state index is -4.41. The highest BCUT2D eigenvalue weighted by Crippen LogP contribution is 2.32. The van der Waals surface area contributed by atoms with Crippen molar-refractivity contribution in [1.29, 1.82) is 0 Å². The lowest BCUT2D eigenvalue weighted by Crippen LogP contribution is -2.62. The van der Waals surface area contributed by atoms with Crippen LogP contribution in [0.5, 0.6) is 0 Å². The number of piperidine rings is 1. The summed E-state index contributed by atoms with van der Waals surface area (Å²) in [5, 5.41) is 6.77. The van der Waals surface area contributed by atoms with Gasteiger partial charge in [0, 0.05) is 28.2 Å². The molecule has 0 aliphatic carbocycles. The molecule has 5 nitrogen and oxygen atoms in total. The molecule has 3 aromatic rings. The fourth-order valence-corrected chi connectivity index (χ4v) is 5.08. The summed E-state index contributed by atoms with van der Waals surface area (Å²) in [6.07, 6.45) is -2.75. The number of amides is 1. The van der Waals surface area contributed by atoms with Crippen molar-refractivity contribution in [3.63, 3.8) is 0 Å². The van der Waals surface area contributed by atoms with Crippen LogP contribution in [0.2, 0.25) is 0 Å². The highest BCUT2D eigenvalue weighted by molar-refractivity contribution is 5.95. The number of hydrogen-bond acceptors (Lipinski definition) is 3. The summed E-state index contributed by atoms with van der Waals surface area (Å²) in [5.74, 6) is 0.332. The second-order valence-corrected chi connectivity index (χ2v) is 10.3. The number of carbonyl (C=O) groups excluding carboxylic acids is 1. The van der Waals surface area contributed by atoms with Crippen LogP contribution in [0, 0.1) is 6.92 Å². The van der Waals surface area contributed by atoms with Gasteiger partial charge < -0.3 is 15.6 Å². The Bertz CT molecular complexity index is 1190. The van der Waals surface area contributed by atoms with Gasteiger partial charge in [0.1, 0.15) is 5.82 Å². The average molecular weight is 459 g/mol. The van der Waals surface area contributed by atoms with Gasteiger partial charge >= 0.3 is 6.18 Å². The van der Waals surface area contributed by atoms with Gasteiger partial charge in [0.25, 0.3) is 5.91 Å². The molecule has 0 saturated carbocycles. The molecule has 3 N–H and O–H groups in total. The first-order chi connectivity index (χ1) is 15.2. The molecule has 1 saturated heterocycles. The predicted molar refractivity (Wildman–Crippen MR) is 123 cm³/mol. The van der Waals surface area contributed by atoms with E-state index < -0.39 is 11.7 Å². The van der Waals surface area contributed by atoms with E-state index in [1.807, 2.05) is 6.92 Å². The number of rotatable bonds is 3. The zero-order valence-corrected chi connectivity index (χ0v) is 19.4. The summed E-state index contributed by atoms with van der Waals surface area (Å²) < 4.78 is 39.0. The highest BCUT2D eigenvalue weighted by Gasteiger charge is 2.38. The van der Waals surface area contributed by atoms with E-state index in [1.54, 1.807) is 18.2 Å². The molecule has 1 fully saturated rings. The van der Waals surface area contributed by atoms with Gasteiger partial charge in [-0.2, -0.15) is 13.2 Å². The van der Waals surface area contributed by atoms with Crippen LogP contribution in [0.4, 0.5) is 13.2 Å². The van der Waals surface area contributed by atoms with Crippen LogP contribution in [0.3, 0.4) is 0 Å². The van der Waals surface area contributed by atoms with Gasteiger partial charge in [-0.25, -0.2) is 4.98 Å². The van der Waals surface area contributed by atoms with Crippen molar-refractivity contribution in [2.45, 2.75) is 70.8 Å². The van der Waals surface area contributed by atoms with Crippen molar-refractivity contribution in [2.24, 2.45) is 0 Å². The molecule has 2 aromatic carbocycles. The van der Waals surface area contributed by atoms with Crippen molar-refractivity contribution in [3.8, 4) is 11.4 Å². The van der Waals surface area contributed by atoms with Gasteiger partial charge in [0.2, 0.25) is 0 Å². The lowest BCUT2D eigenvalue weighted by atomic mass is 9.79. The number of hydrogen-bond donors (Lipinski definition) is 3. The van der Waals surface area contributed by atoms with Crippen LogP contribution < -0.4 is 10.6 Å². The molecular weight excluding hydrogens is 429 g/mol. The van der Waals surface area contributed by atoms with Gasteiger partial charge in [0.05, 0.1) is 16.6 Å². The molecule has 0 radical (unpaired) electrons. The van der Waals surface area contributed by atoms with Crippen LogP contribution in [0.1, 0.15) is 62.0 Å². The molecule has 0 bridgehead atoms. The minimum Gasteiger partial charge on any atom is -0.349 e. The second kappa shape index (κ2) is 7.87. The van der Waals surface area contributed by atoms with Crippen LogP contribution in [-0.2, 0) is 6.18 Å². The standard InChI is InChI=1S/C25H29F3N4O/c1-14-10-15(22(33)29-17-12-23(2,3)32-24(4,5)13-17)6-8-18(14)21-30-19-9-7-16(25(26,27)28)11-20(19)31-21/h6-11,17,32H,12-13H2,1-5H3,(H,29,33)(H,30,31). The topological polar surface area (TPSA) is 69.8 Å². The first kappa shape index (κ1) is 23.3. The molecule has 0 atom stereocenters. The Balaban J connectivity index is 1.55. The van der Waals surface area contributed by atoms with Gasteiger partial charge in [-0.3, -0.25) is 4.79 Å². The maximum atomic E-state index is 13.0. The van der Waals surface area contributed by atoms with Gasteiger partial charge in [-0.1, -0.05) is 6.07 Å². The Kier molecular flexibility index (Phi) is 5.55. The maximum Gasteiger partial charge on any atom is 0.416 e. The fraction of sp³-hybridized carbons (Fsp3) is 0.440. The average Bonchev–Trinajstić information content (AvgIpc) is 3.07. The number of aromatic nitrogens is 2. The molecule has 176 valence electrons. The first-order valence-electron chi connectivity index (χ1n) is 11.0. The van der Waals surface area contributed by atoms with Crippen molar-refractivity contribution in [3.05, 3.63) is 53.1 Å². The molecule has 1 amide bonds. The number of H-pyrrole nitrogens is 1. The van der Waals surface area contributed by atoms with Gasteiger partial charge in [-0.15, -0.1) is 0 Å². The largest absolute Gasteiger partial charge is 0.416 e. The van der Waals surface area contributed by atoms with Crippen molar-refractivity contribution in [2.75, 3.05) is 0 Å². The molecule has 4 rings (SSSR count). The van der Waals surface area contributed by atoms with E-state index >= 15 is 0 Å². The van der Waals surface area contributed by atoms with Crippen molar-refractivity contribution in [1.82, 2.24) is 20.6 Å². The molecule has 1 aliphatic rings. The van der Waals surface area contributed by atoms with Gasteiger partial charge in [0.15, 0.2) is 0 Å². The minimum absolute atomic E-state index is 0.0573. The van der Waals surface area contributed by atoms with E-state index in [-0.39, 0.29) is 23.0 Å². The van der Waals surface area contributed by atoms with Crippen LogP contribution >= 0.6 is 0 Å². The van der Waals surface area contributed by atoms with E-state index in [0.29, 0.717) is 22.4 Å². The Hall–Kier alpha value is -2.87. The molecular formula is C25H29F3N4O. The van der Waals surface area contributed by atoms with E-state index in [1.165, 1.54) is 6.07 Å². The van der Waals surface area contributed by atoms with Crippen LogP contribution in [0.15, 0.2) is 36.4 Å². The molecule has 2 heterocycles. The summed E-state index contributed by atoms with van der Waals surface area (Å²) in [7, 11) is 0. The Labute approximate surface area is 191 Å². The van der Waals surface area contributed by atoms with E-state index in [0.717, 1.165) is 36.1 Å². The zero-order valence-electron chi connectivity index (χ0n) is 19.4. The quantitative estimate of drug-likeness (QED) is 0.479. The highest BCUT2D eigenvalue weighted by atomic mass is 19.4. The lowest BCUT2D eigenvalue weighted by Gasteiger charge is -2.46. The first-order valence-corrected chi connectivity index (χ1v) is 11.0. The number of fused-ring (bicyclic) bond motifs is 1. The smallest absolute Gasteiger partial charge is 0.349 e. The third-order valence-electron chi connectivity index (χ3n) is 6.08. The molecule has 0 unspecified atom stereocenters. The van der Waals surface area contributed by atoms with E-state index in [2.05, 4.69) is 48.3 Å². The monoisotopic (exact) mass is 458 g/mol. The van der Waals surface area contributed by atoms with Crippen molar-refractivity contribution >= 4 is 16.9 Å². The number of nitrogens with zero attached hydrogens (tertiary/aromatic N) is 1. The summed E-state index contributed by atoms with van der Waals surface area (Å²) in [6, 6.07) is 8.80.